The van der Waals surface area contributed by atoms with Crippen molar-refractivity contribution in [2.45, 2.75) is 6.92 Å². The van der Waals surface area contributed by atoms with Gasteiger partial charge in [0.15, 0.2) is 0 Å². The van der Waals surface area contributed by atoms with Crippen molar-refractivity contribution >= 4 is 23.7 Å². The van der Waals surface area contributed by atoms with E-state index in [0.29, 0.717) is 22.6 Å². The Hall–Kier alpha value is -4.71. The molecule has 0 fully saturated rings. The molecule has 4 rings (SSSR count). The van der Waals surface area contributed by atoms with Crippen LogP contribution in [0.5, 0.6) is 11.5 Å². The Kier molecular flexibility index (Phi) is 7.10. The van der Waals surface area contributed by atoms with Gasteiger partial charge in [-0.05, 0) is 66.6 Å². The summed E-state index contributed by atoms with van der Waals surface area (Å²) in [6.07, 6.45) is 1.54. The molecule has 0 bridgehead atoms. The summed E-state index contributed by atoms with van der Waals surface area (Å²) in [5.74, 6) is 0.782. The second-order valence-electron chi connectivity index (χ2n) is 7.54. The highest BCUT2D eigenvalue weighted by Gasteiger charge is 2.10. The lowest BCUT2D eigenvalue weighted by Crippen LogP contribution is -2.18. The average Bonchev–Trinajstić information content (AvgIpc) is 2.85. The Morgan fingerprint density at radius 3 is 2.32 bits per heavy atom. The molecule has 0 aliphatic heterocycles. The van der Waals surface area contributed by atoms with Crippen LogP contribution in [0.1, 0.15) is 31.8 Å². The van der Waals surface area contributed by atoms with E-state index in [4.69, 9.17) is 4.74 Å². The summed E-state index contributed by atoms with van der Waals surface area (Å²) in [5.41, 5.74) is 5.65. The number of amides is 2. The number of nitrogens with one attached hydrogen (secondary N) is 2. The van der Waals surface area contributed by atoms with Crippen molar-refractivity contribution in [1.29, 1.82) is 0 Å². The zero-order valence-electron chi connectivity index (χ0n) is 18.6. The number of ether oxygens (including phenoxy) is 1. The largest absolute Gasteiger partial charge is 0.457 e. The monoisotopic (exact) mass is 449 g/mol. The maximum absolute atomic E-state index is 12.5. The molecule has 4 aromatic carbocycles. The number of nitrogens with zero attached hydrogens (tertiary/aromatic N) is 1. The van der Waals surface area contributed by atoms with Gasteiger partial charge in [0.2, 0.25) is 0 Å². The highest BCUT2D eigenvalue weighted by atomic mass is 16.5. The predicted octanol–water partition coefficient (Wildman–Crippen LogP) is 5.80. The molecule has 0 aliphatic rings. The summed E-state index contributed by atoms with van der Waals surface area (Å²) in [6, 6.07) is 30.9. The van der Waals surface area contributed by atoms with Gasteiger partial charge in [-0.15, -0.1) is 0 Å². The molecule has 0 aromatic heterocycles. The van der Waals surface area contributed by atoms with Crippen LogP contribution in [0.25, 0.3) is 0 Å². The SMILES string of the molecule is Cc1ccccc1C(=O)Nc1cccc(C(=O)NN=Cc2cccc(Oc3ccccc3)c2)c1. The van der Waals surface area contributed by atoms with Crippen molar-refractivity contribution in [3.05, 3.63) is 125 Å². The lowest BCUT2D eigenvalue weighted by atomic mass is 10.1. The van der Waals surface area contributed by atoms with Crippen LogP contribution in [0.15, 0.2) is 108 Å². The molecule has 4 aromatic rings. The normalized spacial score (nSPS) is 10.6. The van der Waals surface area contributed by atoms with Crippen LogP contribution in [0, 0.1) is 6.92 Å². The van der Waals surface area contributed by atoms with Crippen LogP contribution in [0.4, 0.5) is 5.69 Å². The first kappa shape index (κ1) is 22.5. The van der Waals surface area contributed by atoms with Crippen LogP contribution < -0.4 is 15.5 Å². The number of hydrazone groups is 1. The van der Waals surface area contributed by atoms with Gasteiger partial charge in [0.1, 0.15) is 11.5 Å². The molecule has 168 valence electrons. The Morgan fingerprint density at radius 1 is 0.765 bits per heavy atom. The van der Waals surface area contributed by atoms with E-state index in [1.54, 1.807) is 36.5 Å². The Labute approximate surface area is 197 Å². The molecule has 2 amide bonds. The third-order valence-corrected chi connectivity index (χ3v) is 4.99. The lowest BCUT2D eigenvalue weighted by molar-refractivity contribution is 0.0953. The molecule has 0 unspecified atom stereocenters. The first-order chi connectivity index (χ1) is 16.6. The van der Waals surface area contributed by atoms with Crippen molar-refractivity contribution in [2.24, 2.45) is 5.10 Å². The van der Waals surface area contributed by atoms with E-state index in [0.717, 1.165) is 16.9 Å². The molecular formula is C28H23N3O3. The fraction of sp³-hybridized carbons (Fsp3) is 0.0357. The summed E-state index contributed by atoms with van der Waals surface area (Å²) < 4.78 is 5.82. The molecule has 0 heterocycles. The van der Waals surface area contributed by atoms with Crippen molar-refractivity contribution < 1.29 is 14.3 Å². The smallest absolute Gasteiger partial charge is 0.271 e. The van der Waals surface area contributed by atoms with E-state index < -0.39 is 0 Å². The van der Waals surface area contributed by atoms with Gasteiger partial charge in [-0.2, -0.15) is 5.10 Å². The summed E-state index contributed by atoms with van der Waals surface area (Å²) in [5, 5.41) is 6.88. The van der Waals surface area contributed by atoms with Gasteiger partial charge < -0.3 is 10.1 Å². The number of para-hydroxylation sites is 1. The van der Waals surface area contributed by atoms with E-state index in [1.807, 2.05) is 79.7 Å². The van der Waals surface area contributed by atoms with Crippen LogP contribution >= 0.6 is 0 Å². The zero-order chi connectivity index (χ0) is 23.8. The van der Waals surface area contributed by atoms with E-state index in [-0.39, 0.29) is 11.8 Å². The quantitative estimate of drug-likeness (QED) is 0.276. The predicted molar refractivity (Wildman–Crippen MR) is 134 cm³/mol. The van der Waals surface area contributed by atoms with Crippen LogP contribution in [0.2, 0.25) is 0 Å². The number of rotatable bonds is 7. The molecule has 6 heteroatoms. The van der Waals surface area contributed by atoms with Gasteiger partial charge in [0.05, 0.1) is 6.21 Å². The molecule has 0 saturated carbocycles. The van der Waals surface area contributed by atoms with Crippen molar-refractivity contribution in [1.82, 2.24) is 5.43 Å². The molecule has 0 radical (unpaired) electrons. The minimum Gasteiger partial charge on any atom is -0.457 e. The minimum atomic E-state index is -0.389. The van der Waals surface area contributed by atoms with Gasteiger partial charge in [-0.25, -0.2) is 5.43 Å². The van der Waals surface area contributed by atoms with Gasteiger partial charge in [-0.1, -0.05) is 54.6 Å². The van der Waals surface area contributed by atoms with Crippen molar-refractivity contribution in [3.8, 4) is 11.5 Å². The second kappa shape index (κ2) is 10.7. The molecule has 0 spiro atoms. The van der Waals surface area contributed by atoms with E-state index >= 15 is 0 Å². The first-order valence-corrected chi connectivity index (χ1v) is 10.7. The summed E-state index contributed by atoms with van der Waals surface area (Å²) in [6.45, 7) is 1.88. The van der Waals surface area contributed by atoms with Crippen molar-refractivity contribution in [2.75, 3.05) is 5.32 Å². The molecule has 0 aliphatic carbocycles. The fourth-order valence-electron chi connectivity index (χ4n) is 3.28. The molecule has 34 heavy (non-hydrogen) atoms. The van der Waals surface area contributed by atoms with Gasteiger partial charge in [0.25, 0.3) is 11.8 Å². The highest BCUT2D eigenvalue weighted by molar-refractivity contribution is 6.06. The van der Waals surface area contributed by atoms with Gasteiger partial charge >= 0.3 is 0 Å². The lowest BCUT2D eigenvalue weighted by Gasteiger charge is -2.09. The number of hydrogen-bond acceptors (Lipinski definition) is 4. The van der Waals surface area contributed by atoms with E-state index in [9.17, 15) is 9.59 Å². The summed E-state index contributed by atoms with van der Waals surface area (Å²) in [7, 11) is 0. The Balaban J connectivity index is 1.37. The Bertz CT molecular complexity index is 1330. The number of benzene rings is 4. The maximum Gasteiger partial charge on any atom is 0.271 e. The number of aryl methyl sites for hydroxylation is 1. The van der Waals surface area contributed by atoms with Crippen LogP contribution in [0.3, 0.4) is 0 Å². The van der Waals surface area contributed by atoms with E-state index in [1.165, 1.54) is 0 Å². The number of anilines is 1. The molecular weight excluding hydrogens is 426 g/mol. The zero-order valence-corrected chi connectivity index (χ0v) is 18.6. The first-order valence-electron chi connectivity index (χ1n) is 10.7. The molecule has 0 saturated heterocycles. The Morgan fingerprint density at radius 2 is 1.50 bits per heavy atom. The van der Waals surface area contributed by atoms with Gasteiger partial charge in [0, 0.05) is 16.8 Å². The van der Waals surface area contributed by atoms with Gasteiger partial charge in [-0.3, -0.25) is 9.59 Å². The fourth-order valence-corrected chi connectivity index (χ4v) is 3.28. The minimum absolute atomic E-state index is 0.230. The van der Waals surface area contributed by atoms with Crippen molar-refractivity contribution in [3.63, 3.8) is 0 Å². The number of carbonyl (C=O) groups is 2. The highest BCUT2D eigenvalue weighted by Crippen LogP contribution is 2.21. The average molecular weight is 450 g/mol. The summed E-state index contributed by atoms with van der Waals surface area (Å²) in [4.78, 5) is 25.1. The van der Waals surface area contributed by atoms with Crippen LogP contribution in [-0.4, -0.2) is 18.0 Å². The topological polar surface area (TPSA) is 79.8 Å². The van der Waals surface area contributed by atoms with Crippen LogP contribution in [-0.2, 0) is 0 Å². The second-order valence-corrected chi connectivity index (χ2v) is 7.54. The number of hydrogen-bond donors (Lipinski definition) is 2. The maximum atomic E-state index is 12.5. The molecule has 6 nitrogen and oxygen atoms in total. The van der Waals surface area contributed by atoms with E-state index in [2.05, 4.69) is 15.8 Å². The molecule has 0 atom stereocenters. The summed E-state index contributed by atoms with van der Waals surface area (Å²) >= 11 is 0. The molecule has 2 N–H and O–H groups in total. The third-order valence-electron chi connectivity index (χ3n) is 4.99. The third kappa shape index (κ3) is 5.95. The number of carbonyl (C=O) groups excluding carboxylic acids is 2. The standard InChI is InChI=1S/C28H23N3O3/c1-20-9-5-6-16-26(20)28(33)30-23-12-8-11-22(18-23)27(32)31-29-19-21-10-7-15-25(17-21)34-24-13-3-2-4-14-24/h2-19H,1H3,(H,30,33)(H,31,32).